The average molecular weight is 243 g/mol. The molecule has 0 aromatic heterocycles. The van der Waals surface area contributed by atoms with Crippen LogP contribution in [0.5, 0.6) is 0 Å². The van der Waals surface area contributed by atoms with Gasteiger partial charge in [0, 0.05) is 5.56 Å². The van der Waals surface area contributed by atoms with Gasteiger partial charge in [0.15, 0.2) is 11.9 Å². The molecule has 0 aliphatic rings. The Hall–Kier alpha value is -1.55. The van der Waals surface area contributed by atoms with E-state index in [4.69, 9.17) is 16.3 Å². The van der Waals surface area contributed by atoms with Crippen molar-refractivity contribution < 1.29 is 19.1 Å². The Morgan fingerprint density at radius 1 is 1.31 bits per heavy atom. The lowest BCUT2D eigenvalue weighted by atomic mass is 10.1. The van der Waals surface area contributed by atoms with Crippen molar-refractivity contribution in [1.82, 2.24) is 0 Å². The van der Waals surface area contributed by atoms with Crippen LogP contribution < -0.4 is 0 Å². The van der Waals surface area contributed by atoms with Crippen LogP contribution in [0.3, 0.4) is 0 Å². The monoisotopic (exact) mass is 242 g/mol. The highest BCUT2D eigenvalue weighted by Gasteiger charge is 2.24. The Morgan fingerprint density at radius 2 is 1.94 bits per heavy atom. The van der Waals surface area contributed by atoms with Gasteiger partial charge in [-0.25, -0.2) is 4.79 Å². The van der Waals surface area contributed by atoms with Crippen molar-refractivity contribution in [2.45, 2.75) is 6.10 Å². The molecule has 0 radical (unpaired) electrons. The third-order valence-electron chi connectivity index (χ3n) is 1.91. The fourth-order valence-electron chi connectivity index (χ4n) is 1.16. The molecule has 1 unspecified atom stereocenters. The van der Waals surface area contributed by atoms with E-state index >= 15 is 0 Å². The van der Waals surface area contributed by atoms with Gasteiger partial charge in [-0.15, -0.1) is 11.6 Å². The van der Waals surface area contributed by atoms with Crippen LogP contribution in [0.4, 0.5) is 4.79 Å². The summed E-state index contributed by atoms with van der Waals surface area (Å²) < 4.78 is 9.18. The fraction of sp³-hybridized carbons (Fsp3) is 0.273. The highest BCUT2D eigenvalue weighted by Crippen LogP contribution is 2.19. The molecule has 0 saturated carbocycles. The normalized spacial score (nSPS) is 11.6. The van der Waals surface area contributed by atoms with Crippen LogP contribution in [-0.2, 0) is 14.3 Å². The molecule has 0 saturated heterocycles. The summed E-state index contributed by atoms with van der Waals surface area (Å²) in [5, 5.41) is 0. The minimum Gasteiger partial charge on any atom is -0.438 e. The molecule has 0 aliphatic carbocycles. The van der Waals surface area contributed by atoms with Crippen molar-refractivity contribution in [3.63, 3.8) is 0 Å². The minimum absolute atomic E-state index is 0.226. The van der Waals surface area contributed by atoms with Gasteiger partial charge in [0.25, 0.3) is 0 Å². The first-order chi connectivity index (χ1) is 7.69. The summed E-state index contributed by atoms with van der Waals surface area (Å²) >= 11 is 5.44. The van der Waals surface area contributed by atoms with E-state index in [1.54, 1.807) is 30.3 Å². The maximum atomic E-state index is 11.5. The second-order valence-electron chi connectivity index (χ2n) is 2.96. The van der Waals surface area contributed by atoms with E-state index in [9.17, 15) is 9.59 Å². The van der Waals surface area contributed by atoms with Crippen molar-refractivity contribution in [1.29, 1.82) is 0 Å². The number of ketones is 1. The van der Waals surface area contributed by atoms with Crippen LogP contribution in [0.2, 0.25) is 0 Å². The zero-order valence-electron chi connectivity index (χ0n) is 8.68. The van der Waals surface area contributed by atoms with E-state index in [0.29, 0.717) is 5.56 Å². The molecule has 5 heteroatoms. The number of halogens is 1. The van der Waals surface area contributed by atoms with E-state index < -0.39 is 18.0 Å². The van der Waals surface area contributed by atoms with Crippen molar-refractivity contribution >= 4 is 23.5 Å². The molecule has 4 nitrogen and oxygen atoms in total. The molecule has 1 atom stereocenters. The quantitative estimate of drug-likeness (QED) is 0.601. The maximum absolute atomic E-state index is 11.5. The highest BCUT2D eigenvalue weighted by molar-refractivity contribution is 6.28. The lowest BCUT2D eigenvalue weighted by Crippen LogP contribution is -2.20. The van der Waals surface area contributed by atoms with Gasteiger partial charge in [-0.3, -0.25) is 4.79 Å². The Labute approximate surface area is 98.1 Å². The number of hydrogen-bond acceptors (Lipinski definition) is 4. The lowest BCUT2D eigenvalue weighted by Gasteiger charge is -2.14. The zero-order valence-corrected chi connectivity index (χ0v) is 9.44. The molecule has 0 spiro atoms. The van der Waals surface area contributed by atoms with E-state index in [0.717, 1.165) is 0 Å². The smallest absolute Gasteiger partial charge is 0.438 e. The topological polar surface area (TPSA) is 52.6 Å². The van der Waals surface area contributed by atoms with Crippen molar-refractivity contribution in [2.75, 3.05) is 13.0 Å². The number of carbonyl (C=O) groups excluding carboxylic acids is 2. The third-order valence-corrected chi connectivity index (χ3v) is 2.17. The second kappa shape index (κ2) is 6.12. The molecule has 1 rings (SSSR count). The Balaban J connectivity index is 2.88. The van der Waals surface area contributed by atoms with Gasteiger partial charge in [-0.05, 0) is 0 Å². The molecule has 0 aliphatic heterocycles. The summed E-state index contributed by atoms with van der Waals surface area (Å²) in [6.07, 6.45) is -1.92. The highest BCUT2D eigenvalue weighted by atomic mass is 35.5. The Morgan fingerprint density at radius 3 is 2.44 bits per heavy atom. The Kier molecular flexibility index (Phi) is 4.79. The molecule has 1 aromatic rings. The molecule has 1 aromatic carbocycles. The standard InChI is InChI=1S/C11H11ClO4/c1-15-11(14)16-10(9(13)7-12)8-5-3-2-4-6-8/h2-6,10H,7H2,1H3. The summed E-state index contributed by atoms with van der Waals surface area (Å²) in [7, 11) is 1.18. The van der Waals surface area contributed by atoms with Crippen LogP contribution in [0.15, 0.2) is 30.3 Å². The number of alkyl halides is 1. The predicted octanol–water partition coefficient (Wildman–Crippen LogP) is 2.32. The average Bonchev–Trinajstić information content (AvgIpc) is 2.35. The number of carbonyl (C=O) groups is 2. The van der Waals surface area contributed by atoms with E-state index in [-0.39, 0.29) is 5.88 Å². The molecular weight excluding hydrogens is 232 g/mol. The number of benzene rings is 1. The zero-order chi connectivity index (χ0) is 12.0. The number of methoxy groups -OCH3 is 1. The molecule has 0 fully saturated rings. The van der Waals surface area contributed by atoms with Gasteiger partial charge in [-0.1, -0.05) is 30.3 Å². The van der Waals surface area contributed by atoms with Crippen LogP contribution in [-0.4, -0.2) is 24.9 Å². The summed E-state index contributed by atoms with van der Waals surface area (Å²) in [5.41, 5.74) is 0.568. The Bertz CT molecular complexity index is 364. The van der Waals surface area contributed by atoms with Crippen LogP contribution >= 0.6 is 11.6 Å². The minimum atomic E-state index is -1.01. The van der Waals surface area contributed by atoms with Gasteiger partial charge in [-0.2, -0.15) is 0 Å². The van der Waals surface area contributed by atoms with Gasteiger partial charge in [0.05, 0.1) is 13.0 Å². The number of rotatable bonds is 4. The van der Waals surface area contributed by atoms with Crippen LogP contribution in [0.25, 0.3) is 0 Å². The van der Waals surface area contributed by atoms with Gasteiger partial charge in [0.1, 0.15) is 0 Å². The molecule has 0 N–H and O–H groups in total. The van der Waals surface area contributed by atoms with E-state index in [1.165, 1.54) is 7.11 Å². The molecule has 16 heavy (non-hydrogen) atoms. The maximum Gasteiger partial charge on any atom is 0.509 e. The number of Topliss-reactive ketones (excluding diaryl/α,β-unsaturated/α-hetero) is 1. The summed E-state index contributed by atoms with van der Waals surface area (Å²) in [6, 6.07) is 8.63. The largest absolute Gasteiger partial charge is 0.509 e. The number of hydrogen-bond donors (Lipinski definition) is 0. The van der Waals surface area contributed by atoms with E-state index in [1.807, 2.05) is 0 Å². The van der Waals surface area contributed by atoms with Crippen molar-refractivity contribution in [3.8, 4) is 0 Å². The third kappa shape index (κ3) is 3.24. The molecule has 0 amide bonds. The van der Waals surface area contributed by atoms with Gasteiger partial charge < -0.3 is 9.47 Å². The molecule has 86 valence electrons. The van der Waals surface area contributed by atoms with Gasteiger partial charge >= 0.3 is 6.16 Å². The first-order valence-corrected chi connectivity index (χ1v) is 5.10. The number of ether oxygens (including phenoxy) is 2. The predicted molar refractivity (Wildman–Crippen MR) is 58.4 cm³/mol. The fourth-order valence-corrected chi connectivity index (χ4v) is 1.30. The van der Waals surface area contributed by atoms with Crippen LogP contribution in [0, 0.1) is 0 Å². The SMILES string of the molecule is COC(=O)OC(C(=O)CCl)c1ccccc1. The van der Waals surface area contributed by atoms with Crippen molar-refractivity contribution in [3.05, 3.63) is 35.9 Å². The van der Waals surface area contributed by atoms with Crippen LogP contribution in [0.1, 0.15) is 11.7 Å². The molecule has 0 bridgehead atoms. The van der Waals surface area contributed by atoms with Crippen molar-refractivity contribution in [2.24, 2.45) is 0 Å². The lowest BCUT2D eigenvalue weighted by molar-refractivity contribution is -0.126. The summed E-state index contributed by atoms with van der Waals surface area (Å²) in [5.74, 6) is -0.616. The summed E-state index contributed by atoms with van der Waals surface area (Å²) in [4.78, 5) is 22.5. The second-order valence-corrected chi connectivity index (χ2v) is 3.23. The molecule has 0 heterocycles. The van der Waals surface area contributed by atoms with E-state index in [2.05, 4.69) is 4.74 Å². The summed E-state index contributed by atoms with van der Waals surface area (Å²) in [6.45, 7) is 0. The van der Waals surface area contributed by atoms with Gasteiger partial charge in [0.2, 0.25) is 0 Å². The first-order valence-electron chi connectivity index (χ1n) is 4.57. The molecular formula is C11H11ClO4. The first kappa shape index (κ1) is 12.5.